The lowest BCUT2D eigenvalue weighted by atomic mass is 10.0. The number of imidazole rings is 1. The van der Waals surface area contributed by atoms with Gasteiger partial charge in [0, 0.05) is 53.3 Å². The Morgan fingerprint density at radius 3 is 2.66 bits per heavy atom. The van der Waals surface area contributed by atoms with Crippen LogP contribution in [0.1, 0.15) is 26.2 Å². The number of aromatic nitrogens is 7. The second-order valence-corrected chi connectivity index (χ2v) is 9.04. The van der Waals surface area contributed by atoms with E-state index in [9.17, 15) is 4.79 Å². The maximum atomic E-state index is 12.4. The molecule has 10 heteroatoms. The Bertz CT molecular complexity index is 1760. The van der Waals surface area contributed by atoms with E-state index in [1.165, 1.54) is 5.01 Å². The van der Waals surface area contributed by atoms with E-state index < -0.39 is 0 Å². The van der Waals surface area contributed by atoms with Crippen molar-refractivity contribution in [2.45, 2.75) is 26.2 Å². The zero-order chi connectivity index (χ0) is 26.1. The number of hydrazine groups is 1. The minimum absolute atomic E-state index is 0.136. The fourth-order valence-electron chi connectivity index (χ4n) is 4.46. The number of nitrogens with one attached hydrogen (secondary N) is 2. The number of carbonyl (C=O) groups is 1. The summed E-state index contributed by atoms with van der Waals surface area (Å²) in [5, 5.41) is 9.72. The first kappa shape index (κ1) is 23.4. The summed E-state index contributed by atoms with van der Waals surface area (Å²) in [6.45, 7) is 2.04. The van der Waals surface area contributed by atoms with Crippen LogP contribution in [0.4, 0.5) is 5.69 Å². The minimum Gasteiger partial charge on any atom is -0.335 e. The number of hydrogen-bond donors (Lipinski definition) is 3. The number of aromatic amines is 2. The SMILES string of the molecule is CCCCC(=O)N(N)c1cncc(-c2ccc3[nH]nc(-c4nc5c(-c6cccnc6)cncc5[nH]4)c3c2)c1. The maximum Gasteiger partial charge on any atom is 0.241 e. The molecule has 5 heterocycles. The molecule has 0 atom stereocenters. The number of nitrogens with zero attached hydrogens (tertiary/aromatic N) is 6. The lowest BCUT2D eigenvalue weighted by Gasteiger charge is -2.17. The normalized spacial score (nSPS) is 11.3. The van der Waals surface area contributed by atoms with E-state index in [-0.39, 0.29) is 5.91 Å². The predicted octanol–water partition coefficient (Wildman–Crippen LogP) is 5.02. The Morgan fingerprint density at radius 1 is 0.947 bits per heavy atom. The van der Waals surface area contributed by atoms with E-state index in [0.717, 1.165) is 57.0 Å². The summed E-state index contributed by atoms with van der Waals surface area (Å²) in [4.78, 5) is 33.6. The molecule has 10 nitrogen and oxygen atoms in total. The van der Waals surface area contributed by atoms with E-state index in [2.05, 4.69) is 30.1 Å². The summed E-state index contributed by atoms with van der Waals surface area (Å²) in [6.07, 6.45) is 12.5. The first-order chi connectivity index (χ1) is 18.6. The highest BCUT2D eigenvalue weighted by atomic mass is 16.2. The van der Waals surface area contributed by atoms with Crippen LogP contribution in [0.15, 0.2) is 73.6 Å². The van der Waals surface area contributed by atoms with Gasteiger partial charge in [-0.05, 0) is 36.2 Å². The number of rotatable bonds is 7. The second kappa shape index (κ2) is 9.83. The smallest absolute Gasteiger partial charge is 0.241 e. The van der Waals surface area contributed by atoms with Gasteiger partial charge in [-0.2, -0.15) is 5.10 Å². The molecule has 0 fully saturated rings. The molecule has 0 radical (unpaired) electrons. The summed E-state index contributed by atoms with van der Waals surface area (Å²) in [5.41, 5.74) is 7.28. The Labute approximate surface area is 218 Å². The largest absolute Gasteiger partial charge is 0.335 e. The third-order valence-electron chi connectivity index (χ3n) is 6.50. The predicted molar refractivity (Wildman–Crippen MR) is 147 cm³/mol. The van der Waals surface area contributed by atoms with Gasteiger partial charge in [0.1, 0.15) is 11.2 Å². The topological polar surface area (TPSA) is 142 Å². The first-order valence-electron chi connectivity index (χ1n) is 12.4. The number of amides is 1. The van der Waals surface area contributed by atoms with Crippen LogP contribution in [0.25, 0.3) is 55.7 Å². The first-order valence-corrected chi connectivity index (χ1v) is 12.4. The van der Waals surface area contributed by atoms with Crippen molar-refractivity contribution in [1.82, 2.24) is 35.1 Å². The summed E-state index contributed by atoms with van der Waals surface area (Å²) < 4.78 is 0. The molecule has 1 aromatic carbocycles. The monoisotopic (exact) mass is 503 g/mol. The number of fused-ring (bicyclic) bond motifs is 2. The van der Waals surface area contributed by atoms with Gasteiger partial charge in [-0.25, -0.2) is 15.8 Å². The van der Waals surface area contributed by atoms with Gasteiger partial charge in [-0.3, -0.25) is 24.8 Å². The van der Waals surface area contributed by atoms with Crippen molar-refractivity contribution >= 4 is 33.5 Å². The minimum atomic E-state index is -0.136. The molecule has 38 heavy (non-hydrogen) atoms. The fourth-order valence-corrected chi connectivity index (χ4v) is 4.46. The quantitative estimate of drug-likeness (QED) is 0.158. The molecule has 5 aromatic heterocycles. The number of anilines is 1. The Kier molecular flexibility index (Phi) is 6.06. The van der Waals surface area contributed by atoms with Crippen LogP contribution in [-0.4, -0.2) is 41.0 Å². The van der Waals surface area contributed by atoms with E-state index in [0.29, 0.717) is 23.6 Å². The number of nitrogens with two attached hydrogens (primary N) is 1. The number of H-pyrrole nitrogens is 2. The molecular weight excluding hydrogens is 478 g/mol. The summed E-state index contributed by atoms with van der Waals surface area (Å²) >= 11 is 0. The van der Waals surface area contributed by atoms with Crippen molar-refractivity contribution in [1.29, 1.82) is 0 Å². The molecular formula is C28H25N9O. The summed E-state index contributed by atoms with van der Waals surface area (Å²) in [7, 11) is 0. The highest BCUT2D eigenvalue weighted by Gasteiger charge is 2.17. The maximum absolute atomic E-state index is 12.4. The molecule has 0 saturated heterocycles. The van der Waals surface area contributed by atoms with Crippen molar-refractivity contribution < 1.29 is 4.79 Å². The zero-order valence-electron chi connectivity index (χ0n) is 20.7. The summed E-state index contributed by atoms with van der Waals surface area (Å²) in [6, 6.07) is 11.7. The van der Waals surface area contributed by atoms with Crippen LogP contribution in [0, 0.1) is 0 Å². The molecule has 6 aromatic rings. The molecule has 0 unspecified atom stereocenters. The second-order valence-electron chi connectivity index (χ2n) is 9.04. The average Bonchev–Trinajstić information content (AvgIpc) is 3.59. The van der Waals surface area contributed by atoms with Gasteiger partial charge in [-0.1, -0.05) is 25.5 Å². The average molecular weight is 504 g/mol. The Balaban J connectivity index is 1.38. The van der Waals surface area contributed by atoms with Crippen LogP contribution in [0.5, 0.6) is 0 Å². The van der Waals surface area contributed by atoms with Crippen molar-refractivity contribution in [3.8, 4) is 33.8 Å². The third kappa shape index (κ3) is 4.27. The molecule has 6 rings (SSSR count). The number of benzene rings is 1. The lowest BCUT2D eigenvalue weighted by Crippen LogP contribution is -2.37. The number of unbranched alkanes of at least 4 members (excludes halogenated alkanes) is 1. The van der Waals surface area contributed by atoms with E-state index in [1.807, 2.05) is 43.3 Å². The van der Waals surface area contributed by atoms with Crippen molar-refractivity contribution in [3.05, 3.63) is 73.6 Å². The van der Waals surface area contributed by atoms with Crippen LogP contribution in [0.3, 0.4) is 0 Å². The Hall–Kier alpha value is -4.96. The van der Waals surface area contributed by atoms with Gasteiger partial charge in [0.25, 0.3) is 0 Å². The molecule has 1 amide bonds. The van der Waals surface area contributed by atoms with Gasteiger partial charge < -0.3 is 4.98 Å². The van der Waals surface area contributed by atoms with Gasteiger partial charge in [0.05, 0.1) is 29.1 Å². The van der Waals surface area contributed by atoms with Crippen LogP contribution in [0.2, 0.25) is 0 Å². The van der Waals surface area contributed by atoms with Gasteiger partial charge >= 0.3 is 0 Å². The van der Waals surface area contributed by atoms with Crippen LogP contribution in [-0.2, 0) is 4.79 Å². The number of carbonyl (C=O) groups excluding carboxylic acids is 1. The number of hydrogen-bond acceptors (Lipinski definition) is 7. The lowest BCUT2D eigenvalue weighted by molar-refractivity contribution is -0.118. The molecule has 0 bridgehead atoms. The molecule has 0 aliphatic heterocycles. The molecule has 0 spiro atoms. The van der Waals surface area contributed by atoms with Gasteiger partial charge in [0.15, 0.2) is 5.82 Å². The third-order valence-corrected chi connectivity index (χ3v) is 6.50. The molecule has 0 aliphatic carbocycles. The van der Waals surface area contributed by atoms with Gasteiger partial charge in [-0.15, -0.1) is 0 Å². The highest BCUT2D eigenvalue weighted by molar-refractivity contribution is 5.98. The Morgan fingerprint density at radius 2 is 1.82 bits per heavy atom. The van der Waals surface area contributed by atoms with Crippen LogP contribution < -0.4 is 10.9 Å². The molecule has 4 N–H and O–H groups in total. The van der Waals surface area contributed by atoms with Gasteiger partial charge in [0.2, 0.25) is 5.91 Å². The van der Waals surface area contributed by atoms with Crippen LogP contribution >= 0.6 is 0 Å². The van der Waals surface area contributed by atoms with Crippen molar-refractivity contribution in [2.75, 3.05) is 5.01 Å². The number of pyridine rings is 3. The fraction of sp³-hybridized carbons (Fsp3) is 0.143. The highest BCUT2D eigenvalue weighted by Crippen LogP contribution is 2.33. The zero-order valence-corrected chi connectivity index (χ0v) is 20.7. The molecule has 0 aliphatic rings. The summed E-state index contributed by atoms with van der Waals surface area (Å²) in [5.74, 6) is 6.59. The molecule has 188 valence electrons. The van der Waals surface area contributed by atoms with E-state index in [4.69, 9.17) is 10.8 Å². The van der Waals surface area contributed by atoms with E-state index >= 15 is 0 Å². The van der Waals surface area contributed by atoms with Crippen molar-refractivity contribution in [2.24, 2.45) is 5.84 Å². The standard InChI is InChI=1S/C28H25N9O/c1-2-3-6-25(38)37(29)20-10-19(13-31-14-20)17-7-8-23-21(11-17)27(36-35-23)28-33-24-16-32-15-22(26(24)34-28)18-5-4-9-30-12-18/h4-5,7-16H,2-3,6,29H2,1H3,(H,33,34)(H,35,36). The molecule has 0 saturated carbocycles. The van der Waals surface area contributed by atoms with Crippen molar-refractivity contribution in [3.63, 3.8) is 0 Å². The van der Waals surface area contributed by atoms with E-state index in [1.54, 1.807) is 37.2 Å².